The second-order valence-corrected chi connectivity index (χ2v) is 3.81. The summed E-state index contributed by atoms with van der Waals surface area (Å²) in [7, 11) is 0. The van der Waals surface area contributed by atoms with Gasteiger partial charge < -0.3 is 10.1 Å². The van der Waals surface area contributed by atoms with Gasteiger partial charge in [0.05, 0.1) is 6.04 Å². The number of thioether (sulfide) groups is 1. The van der Waals surface area contributed by atoms with Crippen molar-refractivity contribution in [1.29, 1.82) is 0 Å². The third-order valence-corrected chi connectivity index (χ3v) is 2.72. The zero-order valence-electron chi connectivity index (χ0n) is 7.54. The molecule has 0 spiro atoms. The van der Waals surface area contributed by atoms with Crippen LogP contribution in [0.1, 0.15) is 13.3 Å². The Morgan fingerprint density at radius 3 is 3.08 bits per heavy atom. The number of amides is 1. The molecule has 1 saturated heterocycles. The van der Waals surface area contributed by atoms with Gasteiger partial charge in [-0.2, -0.15) is 0 Å². The largest absolute Gasteiger partial charge is 0.372 e. The van der Waals surface area contributed by atoms with Crippen molar-refractivity contribution in [2.24, 2.45) is 0 Å². The van der Waals surface area contributed by atoms with Crippen molar-refractivity contribution < 1.29 is 14.3 Å². The van der Waals surface area contributed by atoms with Crippen LogP contribution in [-0.2, 0) is 14.3 Å². The third kappa shape index (κ3) is 3.36. The summed E-state index contributed by atoms with van der Waals surface area (Å²) in [6.45, 7) is 2.38. The molecule has 0 aromatic rings. The van der Waals surface area contributed by atoms with Gasteiger partial charge in [0.1, 0.15) is 6.61 Å². The highest BCUT2D eigenvalue weighted by molar-refractivity contribution is 8.14. The Kier molecular flexibility index (Phi) is 4.24. The van der Waals surface area contributed by atoms with E-state index >= 15 is 0 Å². The van der Waals surface area contributed by atoms with Crippen LogP contribution < -0.4 is 5.32 Å². The number of rotatable bonds is 4. The lowest BCUT2D eigenvalue weighted by Gasteiger charge is -2.09. The van der Waals surface area contributed by atoms with Gasteiger partial charge >= 0.3 is 0 Å². The van der Waals surface area contributed by atoms with E-state index in [4.69, 9.17) is 4.74 Å². The molecule has 1 heterocycles. The van der Waals surface area contributed by atoms with Crippen LogP contribution in [-0.4, -0.2) is 36.0 Å². The van der Waals surface area contributed by atoms with Gasteiger partial charge in [0.15, 0.2) is 0 Å². The van der Waals surface area contributed by atoms with Crippen LogP contribution in [0.5, 0.6) is 0 Å². The lowest BCUT2D eigenvalue weighted by Crippen LogP contribution is -2.39. The third-order valence-electron chi connectivity index (χ3n) is 1.71. The summed E-state index contributed by atoms with van der Waals surface area (Å²) in [4.78, 5) is 22.2. The highest BCUT2D eigenvalue weighted by Crippen LogP contribution is 2.19. The van der Waals surface area contributed by atoms with E-state index in [9.17, 15) is 9.59 Å². The monoisotopic (exact) mass is 203 g/mol. The molecule has 0 unspecified atom stereocenters. The fraction of sp³-hybridized carbons (Fsp3) is 0.750. The maximum atomic E-state index is 11.1. The van der Waals surface area contributed by atoms with Crippen molar-refractivity contribution in [3.05, 3.63) is 0 Å². The molecule has 0 aromatic heterocycles. The second kappa shape index (κ2) is 5.24. The molecule has 5 heteroatoms. The van der Waals surface area contributed by atoms with Crippen LogP contribution in [0.3, 0.4) is 0 Å². The number of carbonyl (C=O) groups is 2. The first-order valence-corrected chi connectivity index (χ1v) is 5.26. The van der Waals surface area contributed by atoms with E-state index in [1.54, 1.807) is 0 Å². The molecule has 1 aliphatic heterocycles. The maximum absolute atomic E-state index is 11.1. The molecule has 0 radical (unpaired) electrons. The molecule has 0 aliphatic carbocycles. The van der Waals surface area contributed by atoms with Gasteiger partial charge in [0.2, 0.25) is 11.0 Å². The van der Waals surface area contributed by atoms with E-state index in [1.807, 2.05) is 6.92 Å². The van der Waals surface area contributed by atoms with Gasteiger partial charge in [-0.05, 0) is 13.3 Å². The van der Waals surface area contributed by atoms with Crippen molar-refractivity contribution >= 4 is 22.8 Å². The van der Waals surface area contributed by atoms with Crippen molar-refractivity contribution in [3.8, 4) is 0 Å². The predicted octanol–water partition coefficient (Wildman–Crippen LogP) is 0.171. The van der Waals surface area contributed by atoms with Gasteiger partial charge in [0, 0.05) is 12.4 Å². The van der Waals surface area contributed by atoms with E-state index in [2.05, 4.69) is 5.32 Å². The van der Waals surface area contributed by atoms with Gasteiger partial charge in [-0.25, -0.2) is 0 Å². The molecule has 1 amide bonds. The predicted molar refractivity (Wildman–Crippen MR) is 50.5 cm³/mol. The summed E-state index contributed by atoms with van der Waals surface area (Å²) in [5.74, 6) is 0.598. The Morgan fingerprint density at radius 2 is 2.54 bits per heavy atom. The number of hydrogen-bond acceptors (Lipinski definition) is 4. The highest BCUT2D eigenvalue weighted by Gasteiger charge is 2.26. The van der Waals surface area contributed by atoms with E-state index in [1.165, 1.54) is 11.8 Å². The summed E-state index contributed by atoms with van der Waals surface area (Å²) >= 11 is 1.28. The summed E-state index contributed by atoms with van der Waals surface area (Å²) in [5, 5.41) is 2.69. The van der Waals surface area contributed by atoms with Crippen molar-refractivity contribution in [2.45, 2.75) is 19.4 Å². The molecule has 74 valence electrons. The minimum absolute atomic E-state index is 0.0466. The molecule has 1 N–H and O–H groups in total. The molecule has 0 bridgehead atoms. The standard InChI is InChI=1S/C8H13NO3S/c1-2-12-5-7(10)9-6-3-4-13-8(6)11/h6H,2-5H2,1H3,(H,9,10)/t6-/m0/s1. The molecular formula is C8H13NO3S. The zero-order chi connectivity index (χ0) is 9.68. The molecule has 4 nitrogen and oxygen atoms in total. The molecule has 1 fully saturated rings. The minimum Gasteiger partial charge on any atom is -0.372 e. The van der Waals surface area contributed by atoms with Crippen LogP contribution in [0.2, 0.25) is 0 Å². The van der Waals surface area contributed by atoms with Crippen molar-refractivity contribution in [3.63, 3.8) is 0 Å². The first kappa shape index (κ1) is 10.5. The summed E-state index contributed by atoms with van der Waals surface area (Å²) < 4.78 is 4.91. The highest BCUT2D eigenvalue weighted by atomic mass is 32.2. The van der Waals surface area contributed by atoms with E-state index in [-0.39, 0.29) is 23.7 Å². The Labute approximate surface area is 81.4 Å². The average molecular weight is 203 g/mol. The summed E-state index contributed by atoms with van der Waals surface area (Å²) in [6.07, 6.45) is 0.737. The Morgan fingerprint density at radius 1 is 1.77 bits per heavy atom. The van der Waals surface area contributed by atoms with Crippen LogP contribution >= 0.6 is 11.8 Å². The normalized spacial score (nSPS) is 21.9. The van der Waals surface area contributed by atoms with Gasteiger partial charge in [-0.1, -0.05) is 11.8 Å². The van der Waals surface area contributed by atoms with E-state index in [0.717, 1.165) is 12.2 Å². The van der Waals surface area contributed by atoms with Gasteiger partial charge in [0.25, 0.3) is 0 Å². The molecule has 1 atom stereocenters. The van der Waals surface area contributed by atoms with Gasteiger partial charge in [-0.15, -0.1) is 0 Å². The quantitative estimate of drug-likeness (QED) is 0.707. The van der Waals surface area contributed by atoms with Crippen LogP contribution in [0.15, 0.2) is 0 Å². The molecule has 0 aromatic carbocycles. The Hall–Kier alpha value is -0.550. The average Bonchev–Trinajstić information content (AvgIpc) is 2.48. The first-order valence-electron chi connectivity index (χ1n) is 4.27. The Balaban J connectivity index is 2.23. The molecule has 1 rings (SSSR count). The number of hydrogen-bond donors (Lipinski definition) is 1. The summed E-state index contributed by atoms with van der Waals surface area (Å²) in [6, 6.07) is -0.294. The van der Waals surface area contributed by atoms with E-state index < -0.39 is 0 Å². The van der Waals surface area contributed by atoms with Crippen molar-refractivity contribution in [1.82, 2.24) is 5.32 Å². The smallest absolute Gasteiger partial charge is 0.246 e. The van der Waals surface area contributed by atoms with Crippen LogP contribution in [0, 0.1) is 0 Å². The van der Waals surface area contributed by atoms with Crippen LogP contribution in [0.25, 0.3) is 0 Å². The number of ether oxygens (including phenoxy) is 1. The van der Waals surface area contributed by atoms with Crippen LogP contribution in [0.4, 0.5) is 0 Å². The lowest BCUT2D eigenvalue weighted by molar-refractivity contribution is -0.128. The molecule has 13 heavy (non-hydrogen) atoms. The fourth-order valence-corrected chi connectivity index (χ4v) is 1.99. The zero-order valence-corrected chi connectivity index (χ0v) is 8.36. The topological polar surface area (TPSA) is 55.4 Å². The SMILES string of the molecule is CCOCC(=O)N[C@H]1CCSC1=O. The molecular weight excluding hydrogens is 190 g/mol. The second-order valence-electron chi connectivity index (χ2n) is 2.71. The molecule has 0 saturated carbocycles. The maximum Gasteiger partial charge on any atom is 0.246 e. The first-order chi connectivity index (χ1) is 6.24. The van der Waals surface area contributed by atoms with E-state index in [0.29, 0.717) is 6.61 Å². The minimum atomic E-state index is -0.294. The molecule has 1 aliphatic rings. The fourth-order valence-electron chi connectivity index (χ4n) is 1.06. The van der Waals surface area contributed by atoms with Crippen molar-refractivity contribution in [2.75, 3.05) is 19.0 Å². The lowest BCUT2D eigenvalue weighted by atomic mass is 10.2. The Bertz CT molecular complexity index is 208. The van der Waals surface area contributed by atoms with Gasteiger partial charge in [-0.3, -0.25) is 9.59 Å². The number of nitrogens with one attached hydrogen (secondary N) is 1. The summed E-state index contributed by atoms with van der Waals surface area (Å²) in [5.41, 5.74) is 0. The number of carbonyl (C=O) groups excluding carboxylic acids is 2.